The van der Waals surface area contributed by atoms with E-state index in [1.807, 2.05) is 13.8 Å². The number of nitrogens with zero attached hydrogens (tertiary/aromatic N) is 2. The number of benzene rings is 2. The molecule has 0 aliphatic carbocycles. The van der Waals surface area contributed by atoms with E-state index in [0.717, 1.165) is 22.4 Å². The Morgan fingerprint density at radius 3 is 2.50 bits per heavy atom. The number of ether oxygens (including phenoxy) is 3. The molecule has 1 fully saturated rings. The van der Waals surface area contributed by atoms with E-state index >= 15 is 0 Å². The second-order valence-electron chi connectivity index (χ2n) is 9.91. The predicted molar refractivity (Wildman–Crippen MR) is 142 cm³/mol. The monoisotopic (exact) mass is 549 g/mol. The van der Waals surface area contributed by atoms with E-state index in [-0.39, 0.29) is 33.7 Å². The highest BCUT2D eigenvalue weighted by Crippen LogP contribution is 2.35. The van der Waals surface area contributed by atoms with Crippen LogP contribution < -0.4 is 14.4 Å². The third-order valence-corrected chi connectivity index (χ3v) is 8.19. The first kappa shape index (κ1) is 29.3. The third kappa shape index (κ3) is 6.80. The molecule has 1 amide bonds. The van der Waals surface area contributed by atoms with Crippen LogP contribution in [0.4, 0.5) is 11.4 Å². The normalized spacial score (nSPS) is 14.3. The van der Waals surface area contributed by atoms with Gasteiger partial charge >= 0.3 is 0 Å². The van der Waals surface area contributed by atoms with E-state index in [1.165, 1.54) is 26.2 Å². The van der Waals surface area contributed by atoms with Crippen LogP contribution in [0.25, 0.3) is 0 Å². The molecule has 208 valence electrons. The Labute approximate surface area is 223 Å². The van der Waals surface area contributed by atoms with E-state index in [0.29, 0.717) is 31.7 Å². The summed E-state index contributed by atoms with van der Waals surface area (Å²) in [4.78, 5) is 23.5. The van der Waals surface area contributed by atoms with E-state index in [2.05, 4.69) is 5.32 Å². The van der Waals surface area contributed by atoms with E-state index in [4.69, 9.17) is 14.2 Å². The maximum atomic E-state index is 13.8. The molecule has 1 heterocycles. The maximum absolute atomic E-state index is 13.8. The van der Waals surface area contributed by atoms with Gasteiger partial charge in [0.05, 0.1) is 35.8 Å². The standard InChI is InChI=1S/C26H35N3O8S/c1-18-7-10-23(35-5)22(15-18)28(38(33,34)20-9-8-19(2)21(16-20)29(31)32)17-24(30)27-12-6-11-26(3,4)25-36-13-14-37-25/h7-10,15-16,25H,6,11-14,17H2,1-5H3,(H,27,30). The van der Waals surface area contributed by atoms with Crippen molar-refractivity contribution < 1.29 is 32.3 Å². The molecule has 1 aliphatic heterocycles. The number of nitro groups is 1. The number of anilines is 1. The number of nitrogens with one attached hydrogen (secondary N) is 1. The molecule has 0 saturated carbocycles. The smallest absolute Gasteiger partial charge is 0.273 e. The van der Waals surface area contributed by atoms with Gasteiger partial charge in [-0.3, -0.25) is 19.2 Å². The number of rotatable bonds is 12. The van der Waals surface area contributed by atoms with Gasteiger partial charge in [0.1, 0.15) is 12.3 Å². The second kappa shape index (κ2) is 12.1. The summed E-state index contributed by atoms with van der Waals surface area (Å²) in [5.74, 6) is -0.281. The number of hydrogen-bond donors (Lipinski definition) is 1. The molecule has 0 aromatic heterocycles. The molecular weight excluding hydrogens is 514 g/mol. The summed E-state index contributed by atoms with van der Waals surface area (Å²) in [6, 6.07) is 8.63. The quantitative estimate of drug-likeness (QED) is 0.240. The lowest BCUT2D eigenvalue weighted by Gasteiger charge is -2.30. The molecule has 0 bridgehead atoms. The van der Waals surface area contributed by atoms with E-state index in [1.54, 1.807) is 25.1 Å². The lowest BCUT2D eigenvalue weighted by Crippen LogP contribution is -2.41. The topological polar surface area (TPSA) is 137 Å². The summed E-state index contributed by atoms with van der Waals surface area (Å²) < 4.78 is 45.1. The second-order valence-corrected chi connectivity index (χ2v) is 11.8. The van der Waals surface area contributed by atoms with Crippen molar-refractivity contribution in [2.24, 2.45) is 5.41 Å². The molecule has 1 saturated heterocycles. The third-order valence-electron chi connectivity index (χ3n) is 6.44. The number of sulfonamides is 1. The first-order chi connectivity index (χ1) is 17.9. The summed E-state index contributed by atoms with van der Waals surface area (Å²) in [6.45, 7) is 8.27. The Bertz CT molecular complexity index is 1270. The number of methoxy groups -OCH3 is 1. The Kier molecular flexibility index (Phi) is 9.34. The fraction of sp³-hybridized carbons (Fsp3) is 0.500. The van der Waals surface area contributed by atoms with E-state index < -0.39 is 27.4 Å². The van der Waals surface area contributed by atoms with Crippen LogP contribution in [0.3, 0.4) is 0 Å². The maximum Gasteiger partial charge on any atom is 0.273 e. The Morgan fingerprint density at radius 1 is 1.18 bits per heavy atom. The van der Waals surface area contributed by atoms with Crippen molar-refractivity contribution in [1.29, 1.82) is 0 Å². The highest BCUT2D eigenvalue weighted by molar-refractivity contribution is 7.92. The van der Waals surface area contributed by atoms with Gasteiger partial charge in [-0.1, -0.05) is 26.0 Å². The van der Waals surface area contributed by atoms with Crippen LogP contribution in [-0.4, -0.2) is 59.0 Å². The lowest BCUT2D eigenvalue weighted by molar-refractivity contribution is -0.385. The molecule has 1 N–H and O–H groups in total. The summed E-state index contributed by atoms with van der Waals surface area (Å²) >= 11 is 0. The molecular formula is C26H35N3O8S. The van der Waals surface area contributed by atoms with Crippen molar-refractivity contribution in [3.05, 3.63) is 57.6 Å². The summed E-state index contributed by atoms with van der Waals surface area (Å²) in [6.07, 6.45) is 1.05. The zero-order valence-corrected chi connectivity index (χ0v) is 23.2. The zero-order chi connectivity index (χ0) is 28.1. The Balaban J connectivity index is 1.83. The van der Waals surface area contributed by atoms with Gasteiger partial charge in [-0.05, 0) is 50.5 Å². The van der Waals surface area contributed by atoms with Crippen LogP contribution >= 0.6 is 0 Å². The van der Waals surface area contributed by atoms with Crippen molar-refractivity contribution in [2.75, 3.05) is 37.7 Å². The number of nitro benzene ring substituents is 1. The minimum atomic E-state index is -4.38. The predicted octanol–water partition coefficient (Wildman–Crippen LogP) is 3.71. The molecule has 11 nitrogen and oxygen atoms in total. The van der Waals surface area contributed by atoms with Gasteiger partial charge in [0.15, 0.2) is 6.29 Å². The molecule has 0 atom stereocenters. The molecule has 0 unspecified atom stereocenters. The van der Waals surface area contributed by atoms with Crippen LogP contribution in [0.5, 0.6) is 5.75 Å². The first-order valence-corrected chi connectivity index (χ1v) is 13.7. The number of amides is 1. The molecule has 1 aliphatic rings. The summed E-state index contributed by atoms with van der Waals surface area (Å²) in [5.41, 5.74) is 0.649. The summed E-state index contributed by atoms with van der Waals surface area (Å²) in [5, 5.41) is 14.2. The number of carbonyl (C=O) groups is 1. The van der Waals surface area contributed by atoms with Crippen LogP contribution in [-0.2, 0) is 24.3 Å². The number of hydrogen-bond acceptors (Lipinski definition) is 8. The molecule has 3 rings (SSSR count). The van der Waals surface area contributed by atoms with Gasteiger partial charge in [0.25, 0.3) is 15.7 Å². The molecule has 0 radical (unpaired) electrons. The van der Waals surface area contributed by atoms with E-state index in [9.17, 15) is 23.3 Å². The SMILES string of the molecule is COc1ccc(C)cc1N(CC(=O)NCCCC(C)(C)C1OCCO1)S(=O)(=O)c1ccc(C)c([N+](=O)[O-])c1. The Hall–Kier alpha value is -3.22. The summed E-state index contributed by atoms with van der Waals surface area (Å²) in [7, 11) is -2.98. The highest BCUT2D eigenvalue weighted by Gasteiger charge is 2.34. The van der Waals surface area contributed by atoms with Crippen molar-refractivity contribution in [2.45, 2.75) is 51.7 Å². The van der Waals surface area contributed by atoms with Gasteiger partial charge in [0, 0.05) is 23.6 Å². The van der Waals surface area contributed by atoms with Crippen LogP contribution in [0.15, 0.2) is 41.3 Å². The highest BCUT2D eigenvalue weighted by atomic mass is 32.2. The average Bonchev–Trinajstić information content (AvgIpc) is 3.41. The molecule has 12 heteroatoms. The molecule has 2 aromatic rings. The first-order valence-electron chi connectivity index (χ1n) is 12.3. The minimum Gasteiger partial charge on any atom is -0.495 e. The van der Waals surface area contributed by atoms with Crippen molar-refractivity contribution in [3.63, 3.8) is 0 Å². The van der Waals surface area contributed by atoms with Crippen LogP contribution in [0, 0.1) is 29.4 Å². The minimum absolute atomic E-state index is 0.155. The fourth-order valence-electron chi connectivity index (χ4n) is 4.25. The van der Waals surface area contributed by atoms with Crippen LogP contribution in [0.1, 0.15) is 37.8 Å². The lowest BCUT2D eigenvalue weighted by atomic mass is 9.87. The van der Waals surface area contributed by atoms with Gasteiger partial charge in [-0.2, -0.15) is 0 Å². The van der Waals surface area contributed by atoms with Gasteiger partial charge < -0.3 is 19.5 Å². The Morgan fingerprint density at radius 2 is 1.87 bits per heavy atom. The average molecular weight is 550 g/mol. The van der Waals surface area contributed by atoms with Gasteiger partial charge in [-0.25, -0.2) is 8.42 Å². The van der Waals surface area contributed by atoms with Crippen molar-refractivity contribution in [1.82, 2.24) is 5.32 Å². The molecule has 38 heavy (non-hydrogen) atoms. The zero-order valence-electron chi connectivity index (χ0n) is 22.4. The molecule has 0 spiro atoms. The number of carbonyl (C=O) groups excluding carboxylic acids is 1. The van der Waals surface area contributed by atoms with Gasteiger partial charge in [0.2, 0.25) is 5.91 Å². The van der Waals surface area contributed by atoms with Gasteiger partial charge in [-0.15, -0.1) is 0 Å². The molecule has 2 aromatic carbocycles. The van der Waals surface area contributed by atoms with Crippen molar-refractivity contribution >= 4 is 27.3 Å². The largest absolute Gasteiger partial charge is 0.495 e. The van der Waals surface area contributed by atoms with Crippen molar-refractivity contribution in [3.8, 4) is 5.75 Å². The number of aryl methyl sites for hydroxylation is 2. The fourth-order valence-corrected chi connectivity index (χ4v) is 5.70. The van der Waals surface area contributed by atoms with Crippen LogP contribution in [0.2, 0.25) is 0 Å².